The summed E-state index contributed by atoms with van der Waals surface area (Å²) in [6, 6.07) is 30.4. The molecule has 2 atom stereocenters. The Kier molecular flexibility index (Phi) is 9.00. The minimum Gasteiger partial charge on any atom is -0.367 e. The average molecular weight is 478 g/mol. The second-order valence-corrected chi connectivity index (χ2v) is 9.55. The SMILES string of the molecule is CN(CCCl)CC(OCc1ccccc1N1CCN(C)CC1c1ccccc1)c1ccccc1. The topological polar surface area (TPSA) is 19.0 Å². The molecule has 0 saturated carbocycles. The first kappa shape index (κ1) is 24.7. The van der Waals surface area contributed by atoms with E-state index in [0.29, 0.717) is 18.5 Å². The maximum atomic E-state index is 6.60. The van der Waals surface area contributed by atoms with Crippen LogP contribution in [0.15, 0.2) is 84.9 Å². The molecular weight excluding hydrogens is 442 g/mol. The predicted molar refractivity (Wildman–Crippen MR) is 143 cm³/mol. The summed E-state index contributed by atoms with van der Waals surface area (Å²) in [6.07, 6.45) is -0.0140. The second-order valence-electron chi connectivity index (χ2n) is 9.17. The lowest BCUT2D eigenvalue weighted by atomic mass is 10.0. The van der Waals surface area contributed by atoms with Crippen LogP contribution >= 0.6 is 11.6 Å². The zero-order chi connectivity index (χ0) is 23.8. The van der Waals surface area contributed by atoms with Gasteiger partial charge >= 0.3 is 0 Å². The molecule has 4 rings (SSSR count). The van der Waals surface area contributed by atoms with Gasteiger partial charge in [-0.25, -0.2) is 0 Å². The van der Waals surface area contributed by atoms with Crippen molar-refractivity contribution < 1.29 is 4.74 Å². The fraction of sp³-hybridized carbons (Fsp3) is 0.379. The molecule has 0 aromatic heterocycles. The Morgan fingerprint density at radius 1 is 0.941 bits per heavy atom. The van der Waals surface area contributed by atoms with Gasteiger partial charge in [0.1, 0.15) is 0 Å². The molecule has 1 fully saturated rings. The van der Waals surface area contributed by atoms with E-state index in [9.17, 15) is 0 Å². The summed E-state index contributed by atoms with van der Waals surface area (Å²) in [5.41, 5.74) is 5.05. The van der Waals surface area contributed by atoms with Crippen LogP contribution in [0.2, 0.25) is 0 Å². The molecule has 3 aromatic rings. The average Bonchev–Trinajstić information content (AvgIpc) is 2.88. The monoisotopic (exact) mass is 477 g/mol. The van der Waals surface area contributed by atoms with Crippen molar-refractivity contribution in [2.24, 2.45) is 0 Å². The summed E-state index contributed by atoms with van der Waals surface area (Å²) >= 11 is 5.99. The standard InChI is InChI=1S/C29H36ClN3O/c1-31(18-17-30)22-29(25-13-7-4-8-14-25)34-23-26-15-9-10-16-27(26)33-20-19-32(2)21-28(33)24-11-5-3-6-12-24/h3-16,28-29H,17-23H2,1-2H3. The molecule has 0 bridgehead atoms. The van der Waals surface area contributed by atoms with Gasteiger partial charge in [-0.3, -0.25) is 0 Å². The van der Waals surface area contributed by atoms with Crippen molar-refractivity contribution in [3.05, 3.63) is 102 Å². The van der Waals surface area contributed by atoms with Gasteiger partial charge in [0, 0.05) is 49.9 Å². The molecule has 1 heterocycles. The lowest BCUT2D eigenvalue weighted by molar-refractivity contribution is 0.0198. The third-order valence-corrected chi connectivity index (χ3v) is 6.79. The molecule has 0 amide bonds. The quantitative estimate of drug-likeness (QED) is 0.353. The molecule has 0 spiro atoms. The number of ether oxygens (including phenoxy) is 1. The first-order chi connectivity index (χ1) is 16.7. The Hall–Kier alpha value is -2.37. The van der Waals surface area contributed by atoms with E-state index in [-0.39, 0.29) is 6.10 Å². The number of nitrogens with zero attached hydrogens (tertiary/aromatic N) is 3. The Morgan fingerprint density at radius 2 is 1.62 bits per heavy atom. The Morgan fingerprint density at radius 3 is 2.35 bits per heavy atom. The van der Waals surface area contributed by atoms with Crippen LogP contribution in [0, 0.1) is 0 Å². The van der Waals surface area contributed by atoms with Crippen LogP contribution in [0.3, 0.4) is 0 Å². The highest BCUT2D eigenvalue weighted by atomic mass is 35.5. The molecule has 0 N–H and O–H groups in total. The first-order valence-corrected chi connectivity index (χ1v) is 12.7. The van der Waals surface area contributed by atoms with Crippen LogP contribution < -0.4 is 4.90 Å². The van der Waals surface area contributed by atoms with Crippen molar-refractivity contribution >= 4 is 17.3 Å². The molecule has 1 aliphatic rings. The Balaban J connectivity index is 1.56. The molecule has 0 radical (unpaired) electrons. The summed E-state index contributed by atoms with van der Waals surface area (Å²) in [5.74, 6) is 0.616. The highest BCUT2D eigenvalue weighted by Crippen LogP contribution is 2.33. The minimum absolute atomic E-state index is 0.0140. The lowest BCUT2D eigenvalue weighted by Crippen LogP contribution is -2.47. The summed E-state index contributed by atoms with van der Waals surface area (Å²) < 4.78 is 6.60. The zero-order valence-electron chi connectivity index (χ0n) is 20.3. The minimum atomic E-state index is -0.0140. The number of para-hydroxylation sites is 1. The summed E-state index contributed by atoms with van der Waals surface area (Å²) in [5, 5.41) is 0. The van der Waals surface area contributed by atoms with Crippen LogP contribution in [0.25, 0.3) is 0 Å². The van der Waals surface area contributed by atoms with E-state index in [1.165, 1.54) is 22.4 Å². The fourth-order valence-corrected chi connectivity index (χ4v) is 5.00. The van der Waals surface area contributed by atoms with E-state index in [0.717, 1.165) is 32.7 Å². The highest BCUT2D eigenvalue weighted by molar-refractivity contribution is 6.18. The second kappa shape index (κ2) is 12.4. The predicted octanol–water partition coefficient (Wildman–Crippen LogP) is 5.61. The van der Waals surface area contributed by atoms with Gasteiger partial charge in [-0.2, -0.15) is 0 Å². The van der Waals surface area contributed by atoms with Gasteiger partial charge in [0.15, 0.2) is 0 Å². The molecule has 1 aliphatic heterocycles. The van der Waals surface area contributed by atoms with Crippen molar-refractivity contribution in [2.75, 3.05) is 57.6 Å². The van der Waals surface area contributed by atoms with E-state index in [1.54, 1.807) is 0 Å². The van der Waals surface area contributed by atoms with E-state index in [1.807, 2.05) is 0 Å². The first-order valence-electron chi connectivity index (χ1n) is 12.1. The molecule has 2 unspecified atom stereocenters. The normalized spacial score (nSPS) is 17.8. The molecule has 1 saturated heterocycles. The van der Waals surface area contributed by atoms with Crippen molar-refractivity contribution in [2.45, 2.75) is 18.8 Å². The van der Waals surface area contributed by atoms with E-state index in [4.69, 9.17) is 16.3 Å². The van der Waals surface area contributed by atoms with E-state index >= 15 is 0 Å². The number of rotatable bonds is 10. The largest absolute Gasteiger partial charge is 0.367 e. The van der Waals surface area contributed by atoms with Gasteiger partial charge in [-0.1, -0.05) is 78.9 Å². The fourth-order valence-electron chi connectivity index (χ4n) is 4.71. The number of hydrogen-bond acceptors (Lipinski definition) is 4. The van der Waals surface area contributed by atoms with Crippen LogP contribution in [-0.2, 0) is 11.3 Å². The number of anilines is 1. The number of benzene rings is 3. The molecule has 4 nitrogen and oxygen atoms in total. The Bertz CT molecular complexity index is 1000. The summed E-state index contributed by atoms with van der Waals surface area (Å²) in [4.78, 5) is 7.22. The van der Waals surface area contributed by atoms with Crippen LogP contribution in [0.5, 0.6) is 0 Å². The molecule has 5 heteroatoms. The summed E-state index contributed by atoms with van der Waals surface area (Å²) in [6.45, 7) is 5.26. The van der Waals surface area contributed by atoms with Crippen LogP contribution in [-0.4, -0.2) is 62.5 Å². The van der Waals surface area contributed by atoms with Gasteiger partial charge in [0.25, 0.3) is 0 Å². The Labute approximate surface area is 209 Å². The number of hydrogen-bond donors (Lipinski definition) is 0. The van der Waals surface area contributed by atoms with E-state index < -0.39 is 0 Å². The third-order valence-electron chi connectivity index (χ3n) is 6.62. The number of piperazine rings is 1. The van der Waals surface area contributed by atoms with Gasteiger partial charge in [-0.15, -0.1) is 11.6 Å². The van der Waals surface area contributed by atoms with Crippen molar-refractivity contribution in [3.63, 3.8) is 0 Å². The maximum Gasteiger partial charge on any atom is 0.0956 e. The smallest absolute Gasteiger partial charge is 0.0956 e. The van der Waals surface area contributed by atoms with Crippen LogP contribution in [0.4, 0.5) is 5.69 Å². The summed E-state index contributed by atoms with van der Waals surface area (Å²) in [7, 11) is 4.31. The molecule has 180 valence electrons. The number of halogens is 1. The van der Waals surface area contributed by atoms with Crippen molar-refractivity contribution in [3.8, 4) is 0 Å². The van der Waals surface area contributed by atoms with Gasteiger partial charge < -0.3 is 19.4 Å². The van der Waals surface area contributed by atoms with Crippen molar-refractivity contribution in [1.29, 1.82) is 0 Å². The lowest BCUT2D eigenvalue weighted by Gasteiger charge is -2.42. The molecular formula is C29H36ClN3O. The molecule has 0 aliphatic carbocycles. The third kappa shape index (κ3) is 6.39. The number of alkyl halides is 1. The number of likely N-dealkylation sites (N-methyl/N-ethyl adjacent to an activating group) is 2. The van der Waals surface area contributed by atoms with E-state index in [2.05, 4.69) is 114 Å². The molecule has 34 heavy (non-hydrogen) atoms. The maximum absolute atomic E-state index is 6.60. The van der Waals surface area contributed by atoms with Crippen LogP contribution in [0.1, 0.15) is 28.8 Å². The zero-order valence-corrected chi connectivity index (χ0v) is 21.1. The highest BCUT2D eigenvalue weighted by Gasteiger charge is 2.28. The van der Waals surface area contributed by atoms with Crippen molar-refractivity contribution in [1.82, 2.24) is 9.80 Å². The van der Waals surface area contributed by atoms with Gasteiger partial charge in [-0.05, 0) is 31.3 Å². The molecule has 3 aromatic carbocycles. The van der Waals surface area contributed by atoms with Gasteiger partial charge in [0.05, 0.1) is 18.8 Å². The van der Waals surface area contributed by atoms with Gasteiger partial charge in [0.2, 0.25) is 0 Å².